The van der Waals surface area contributed by atoms with Crippen LogP contribution in [0, 0.1) is 0 Å². The second-order valence-electron chi connectivity index (χ2n) is 3.81. The number of nitrogens with zero attached hydrogens (tertiary/aromatic N) is 1. The molecule has 0 radical (unpaired) electrons. The van der Waals surface area contributed by atoms with Crippen LogP contribution < -0.4 is 5.73 Å². The molecule has 0 amide bonds. The highest BCUT2D eigenvalue weighted by atomic mass is 35.5. The van der Waals surface area contributed by atoms with Gasteiger partial charge >= 0.3 is 0 Å². The Balaban J connectivity index is 0.00000169. The molecule has 2 N–H and O–H groups in total. The number of piperidine rings is 1. The lowest BCUT2D eigenvalue weighted by molar-refractivity contribution is 0.224. The maximum Gasteiger partial charge on any atom is 0.148 e. The Kier molecular flexibility index (Phi) is 5.97. The van der Waals surface area contributed by atoms with Crippen molar-refractivity contribution in [3.63, 3.8) is 0 Å². The summed E-state index contributed by atoms with van der Waals surface area (Å²) in [5, 5.41) is 0. The van der Waals surface area contributed by atoms with Crippen LogP contribution in [-0.4, -0.2) is 51.0 Å². The number of rotatable bonds is 3. The minimum Gasteiger partial charge on any atom is -0.328 e. The van der Waals surface area contributed by atoms with Gasteiger partial charge in [-0.2, -0.15) is 0 Å². The molecule has 6 heteroatoms. The van der Waals surface area contributed by atoms with E-state index in [4.69, 9.17) is 5.73 Å². The van der Waals surface area contributed by atoms with Crippen molar-refractivity contribution in [1.29, 1.82) is 0 Å². The van der Waals surface area contributed by atoms with Gasteiger partial charge in [-0.25, -0.2) is 8.42 Å². The van der Waals surface area contributed by atoms with E-state index in [0.717, 1.165) is 25.9 Å². The lowest BCUT2D eigenvalue weighted by Crippen LogP contribution is -2.41. The minimum atomic E-state index is -2.81. The Bertz CT molecular complexity index is 248. The molecule has 0 aromatic carbocycles. The third kappa shape index (κ3) is 5.80. The molecule has 14 heavy (non-hydrogen) atoms. The van der Waals surface area contributed by atoms with Crippen molar-refractivity contribution in [1.82, 2.24) is 4.90 Å². The van der Waals surface area contributed by atoms with Gasteiger partial charge in [-0.3, -0.25) is 0 Å². The maximum atomic E-state index is 10.9. The average Bonchev–Trinajstić information content (AvgIpc) is 2.02. The molecular formula is C8H19ClN2O2S. The smallest absolute Gasteiger partial charge is 0.148 e. The molecule has 0 unspecified atom stereocenters. The van der Waals surface area contributed by atoms with E-state index in [-0.39, 0.29) is 18.2 Å². The molecule has 1 aliphatic heterocycles. The third-order valence-corrected chi connectivity index (χ3v) is 3.33. The number of likely N-dealkylation sites (tertiary alicyclic amines) is 1. The molecule has 1 saturated heterocycles. The summed E-state index contributed by atoms with van der Waals surface area (Å²) < 4.78 is 21.8. The molecule has 0 aromatic heterocycles. The molecule has 86 valence electrons. The van der Waals surface area contributed by atoms with Crippen molar-refractivity contribution in [2.45, 2.75) is 18.9 Å². The minimum absolute atomic E-state index is 0. The monoisotopic (exact) mass is 242 g/mol. The summed E-state index contributed by atoms with van der Waals surface area (Å²) in [6.45, 7) is 2.54. The van der Waals surface area contributed by atoms with E-state index in [1.165, 1.54) is 6.26 Å². The van der Waals surface area contributed by atoms with Gasteiger partial charge in [0.25, 0.3) is 0 Å². The molecule has 4 nitrogen and oxygen atoms in total. The van der Waals surface area contributed by atoms with Gasteiger partial charge in [-0.1, -0.05) is 0 Å². The van der Waals surface area contributed by atoms with Gasteiger partial charge in [0, 0.05) is 18.8 Å². The highest BCUT2D eigenvalue weighted by Gasteiger charge is 2.16. The lowest BCUT2D eigenvalue weighted by Gasteiger charge is -2.29. The van der Waals surface area contributed by atoms with Crippen LogP contribution >= 0.6 is 12.4 Å². The van der Waals surface area contributed by atoms with Crippen LogP contribution in [0.3, 0.4) is 0 Å². The van der Waals surface area contributed by atoms with Gasteiger partial charge in [-0.05, 0) is 25.9 Å². The molecule has 0 aliphatic carbocycles. The van der Waals surface area contributed by atoms with Gasteiger partial charge in [-0.15, -0.1) is 12.4 Å². The van der Waals surface area contributed by atoms with Gasteiger partial charge < -0.3 is 10.6 Å². The summed E-state index contributed by atoms with van der Waals surface area (Å²) in [5.74, 6) is 0.266. The van der Waals surface area contributed by atoms with Crippen LogP contribution in [0.1, 0.15) is 12.8 Å². The summed E-state index contributed by atoms with van der Waals surface area (Å²) in [6.07, 6.45) is 3.26. The zero-order valence-corrected chi connectivity index (χ0v) is 10.1. The van der Waals surface area contributed by atoms with Gasteiger partial charge in [0.1, 0.15) is 9.84 Å². The highest BCUT2D eigenvalue weighted by molar-refractivity contribution is 7.90. The highest BCUT2D eigenvalue weighted by Crippen LogP contribution is 2.07. The van der Waals surface area contributed by atoms with Crippen LogP contribution in [0.15, 0.2) is 0 Å². The van der Waals surface area contributed by atoms with E-state index >= 15 is 0 Å². The van der Waals surface area contributed by atoms with Crippen LogP contribution in [0.5, 0.6) is 0 Å². The Morgan fingerprint density at radius 1 is 1.36 bits per heavy atom. The zero-order chi connectivity index (χ0) is 9.90. The van der Waals surface area contributed by atoms with Crippen molar-refractivity contribution >= 4 is 22.2 Å². The lowest BCUT2D eigenvalue weighted by atomic mass is 10.1. The second kappa shape index (κ2) is 5.90. The fourth-order valence-corrected chi connectivity index (χ4v) is 2.06. The largest absolute Gasteiger partial charge is 0.328 e. The van der Waals surface area contributed by atoms with E-state index in [1.54, 1.807) is 0 Å². The van der Waals surface area contributed by atoms with Gasteiger partial charge in [0.05, 0.1) is 5.75 Å². The van der Waals surface area contributed by atoms with Crippen LogP contribution in [0.2, 0.25) is 0 Å². The molecule has 0 atom stereocenters. The topological polar surface area (TPSA) is 63.4 Å². The zero-order valence-electron chi connectivity index (χ0n) is 8.48. The van der Waals surface area contributed by atoms with E-state index in [2.05, 4.69) is 4.90 Å². The summed E-state index contributed by atoms with van der Waals surface area (Å²) in [6, 6.07) is 0.314. The summed E-state index contributed by atoms with van der Waals surface area (Å²) in [7, 11) is -2.81. The van der Waals surface area contributed by atoms with Crippen molar-refractivity contribution in [3.8, 4) is 0 Å². The van der Waals surface area contributed by atoms with E-state index in [1.807, 2.05) is 0 Å². The Hall–Kier alpha value is 0.160. The standard InChI is InChI=1S/C8H18N2O2S.ClH/c1-13(11,12)7-6-10-4-2-8(9)3-5-10;/h8H,2-7,9H2,1H3;1H. The predicted octanol–water partition coefficient (Wildman–Crippen LogP) is -0.124. The molecule has 0 spiro atoms. The maximum absolute atomic E-state index is 10.9. The first kappa shape index (κ1) is 14.2. The Labute approximate surface area is 92.2 Å². The average molecular weight is 243 g/mol. The first-order valence-corrected chi connectivity index (χ1v) is 6.69. The third-order valence-electron chi connectivity index (χ3n) is 2.41. The molecule has 1 rings (SSSR count). The number of hydrogen-bond donors (Lipinski definition) is 1. The molecule has 1 aliphatic rings. The summed E-state index contributed by atoms with van der Waals surface area (Å²) in [4.78, 5) is 2.17. The van der Waals surface area contributed by atoms with Crippen molar-refractivity contribution in [2.24, 2.45) is 5.73 Å². The molecule has 1 heterocycles. The van der Waals surface area contributed by atoms with E-state index < -0.39 is 9.84 Å². The summed E-state index contributed by atoms with van der Waals surface area (Å²) >= 11 is 0. The molecular weight excluding hydrogens is 224 g/mol. The van der Waals surface area contributed by atoms with E-state index in [0.29, 0.717) is 12.6 Å². The van der Waals surface area contributed by atoms with Crippen molar-refractivity contribution in [2.75, 3.05) is 31.6 Å². The van der Waals surface area contributed by atoms with Crippen LogP contribution in [0.25, 0.3) is 0 Å². The molecule has 0 aromatic rings. The molecule has 0 bridgehead atoms. The van der Waals surface area contributed by atoms with Crippen LogP contribution in [0.4, 0.5) is 0 Å². The SMILES string of the molecule is CS(=O)(=O)CCN1CCC(N)CC1.Cl. The normalized spacial score (nSPS) is 20.4. The Morgan fingerprint density at radius 3 is 2.29 bits per heavy atom. The Morgan fingerprint density at radius 2 is 1.86 bits per heavy atom. The molecule has 0 saturated carbocycles. The number of hydrogen-bond acceptors (Lipinski definition) is 4. The van der Waals surface area contributed by atoms with Crippen molar-refractivity contribution in [3.05, 3.63) is 0 Å². The number of nitrogens with two attached hydrogens (primary N) is 1. The number of halogens is 1. The van der Waals surface area contributed by atoms with Crippen LogP contribution in [-0.2, 0) is 9.84 Å². The van der Waals surface area contributed by atoms with E-state index in [9.17, 15) is 8.42 Å². The quantitative estimate of drug-likeness (QED) is 0.749. The fraction of sp³-hybridized carbons (Fsp3) is 1.00. The first-order valence-electron chi connectivity index (χ1n) is 4.63. The summed E-state index contributed by atoms with van der Waals surface area (Å²) in [5.41, 5.74) is 5.73. The predicted molar refractivity (Wildman–Crippen MR) is 60.6 cm³/mol. The second-order valence-corrected chi connectivity index (χ2v) is 6.07. The molecule has 1 fully saturated rings. The first-order chi connectivity index (χ1) is 5.97. The van der Waals surface area contributed by atoms with Crippen molar-refractivity contribution < 1.29 is 8.42 Å². The van der Waals surface area contributed by atoms with Gasteiger partial charge in [0.15, 0.2) is 0 Å². The fourth-order valence-electron chi connectivity index (χ4n) is 1.47. The number of sulfone groups is 1. The van der Waals surface area contributed by atoms with Gasteiger partial charge in [0.2, 0.25) is 0 Å².